The summed E-state index contributed by atoms with van der Waals surface area (Å²) in [5.74, 6) is -0.0653. The van der Waals surface area contributed by atoms with Gasteiger partial charge in [-0.1, -0.05) is 6.92 Å². The molecule has 0 atom stereocenters. The molecule has 0 radical (unpaired) electrons. The van der Waals surface area contributed by atoms with Gasteiger partial charge >= 0.3 is 0 Å². The average molecular weight is 268 g/mol. The third-order valence-corrected chi connectivity index (χ3v) is 3.79. The number of hydrogen-bond acceptors (Lipinski definition) is 5. The number of anilines is 1. The Morgan fingerprint density at radius 2 is 2.44 bits per heavy atom. The second kappa shape index (κ2) is 6.26. The van der Waals surface area contributed by atoms with Crippen LogP contribution < -0.4 is 10.6 Å². The molecule has 6 heteroatoms. The zero-order valence-corrected chi connectivity index (χ0v) is 11.7. The van der Waals surface area contributed by atoms with Crippen LogP contribution in [0, 0.1) is 0 Å². The predicted octanol–water partition coefficient (Wildman–Crippen LogP) is 1.29. The van der Waals surface area contributed by atoms with E-state index in [4.69, 9.17) is 0 Å². The van der Waals surface area contributed by atoms with Gasteiger partial charge in [-0.25, -0.2) is 4.98 Å². The molecule has 0 spiro atoms. The largest absolute Gasteiger partial charge is 0.314 e. The first kappa shape index (κ1) is 13.5. The molecule has 0 aliphatic carbocycles. The highest BCUT2D eigenvalue weighted by molar-refractivity contribution is 7.13. The fourth-order valence-electron chi connectivity index (χ4n) is 2.01. The molecule has 5 nitrogen and oxygen atoms in total. The van der Waals surface area contributed by atoms with Crippen LogP contribution in [0.5, 0.6) is 0 Å². The summed E-state index contributed by atoms with van der Waals surface area (Å²) in [7, 11) is 0. The second-order valence-electron chi connectivity index (χ2n) is 4.61. The molecule has 1 aliphatic heterocycles. The first-order chi connectivity index (χ1) is 8.69. The van der Waals surface area contributed by atoms with Crippen molar-refractivity contribution in [2.45, 2.75) is 32.9 Å². The molecule has 0 bridgehead atoms. The Balaban J connectivity index is 1.93. The number of nitrogens with zero attached hydrogens (tertiary/aromatic N) is 2. The minimum Gasteiger partial charge on any atom is -0.314 e. The normalized spacial score (nSPS) is 15.7. The molecule has 0 saturated carbocycles. The van der Waals surface area contributed by atoms with Crippen LogP contribution in [0.1, 0.15) is 26.0 Å². The average Bonchev–Trinajstić information content (AvgIpc) is 2.62. The van der Waals surface area contributed by atoms with E-state index in [1.807, 2.05) is 5.38 Å². The summed E-state index contributed by atoms with van der Waals surface area (Å²) in [6.45, 7) is 7.81. The summed E-state index contributed by atoms with van der Waals surface area (Å²) in [6, 6.07) is 0.635. The van der Waals surface area contributed by atoms with Gasteiger partial charge in [-0.2, -0.15) is 0 Å². The van der Waals surface area contributed by atoms with E-state index < -0.39 is 0 Å². The zero-order chi connectivity index (χ0) is 13.0. The van der Waals surface area contributed by atoms with Gasteiger partial charge in [0.1, 0.15) is 0 Å². The Labute approximate surface area is 112 Å². The summed E-state index contributed by atoms with van der Waals surface area (Å²) >= 11 is 1.49. The van der Waals surface area contributed by atoms with Gasteiger partial charge < -0.3 is 10.6 Å². The Kier molecular flexibility index (Phi) is 4.68. The van der Waals surface area contributed by atoms with Crippen molar-refractivity contribution in [3.8, 4) is 0 Å². The van der Waals surface area contributed by atoms with Gasteiger partial charge in [-0.15, -0.1) is 11.3 Å². The van der Waals surface area contributed by atoms with Crippen LogP contribution in [0.3, 0.4) is 0 Å². The minimum atomic E-state index is -0.0653. The Bertz CT molecular complexity index is 403. The molecule has 2 N–H and O–H groups in total. The summed E-state index contributed by atoms with van der Waals surface area (Å²) in [5.41, 5.74) is 1.05. The number of carbonyl (C=O) groups excluding carboxylic acids is 1. The lowest BCUT2D eigenvalue weighted by molar-refractivity contribution is -0.114. The maximum Gasteiger partial charge on any atom is 0.223 e. The van der Waals surface area contributed by atoms with Crippen molar-refractivity contribution >= 4 is 22.4 Å². The number of rotatable bonds is 6. The fourth-order valence-corrected chi connectivity index (χ4v) is 2.75. The highest BCUT2D eigenvalue weighted by Gasteiger charge is 2.24. The minimum absolute atomic E-state index is 0.0653. The molecule has 1 aromatic rings. The van der Waals surface area contributed by atoms with Crippen LogP contribution in [0.25, 0.3) is 0 Å². The van der Waals surface area contributed by atoms with Gasteiger partial charge in [-0.3, -0.25) is 9.69 Å². The molecule has 1 amide bonds. The van der Waals surface area contributed by atoms with Crippen LogP contribution in [0.15, 0.2) is 5.38 Å². The van der Waals surface area contributed by atoms with Gasteiger partial charge in [0.25, 0.3) is 0 Å². The maximum absolute atomic E-state index is 10.9. The van der Waals surface area contributed by atoms with Gasteiger partial charge in [0.15, 0.2) is 5.13 Å². The third-order valence-electron chi connectivity index (χ3n) is 2.99. The number of aromatic nitrogens is 1. The van der Waals surface area contributed by atoms with E-state index in [1.165, 1.54) is 18.3 Å². The lowest BCUT2D eigenvalue weighted by Gasteiger charge is -2.37. The highest BCUT2D eigenvalue weighted by atomic mass is 32.1. The standard InChI is InChI=1S/C12H20N4OS/c1-3-4-16(11-5-13-6-11)7-10-8-18-12(15-10)14-9(2)17/h8,11,13H,3-7H2,1-2H3,(H,14,15,17). The summed E-state index contributed by atoms with van der Waals surface area (Å²) in [4.78, 5) is 17.8. The van der Waals surface area contributed by atoms with Crippen LogP contribution in [0.4, 0.5) is 5.13 Å². The van der Waals surface area contributed by atoms with E-state index in [2.05, 4.69) is 27.4 Å². The Morgan fingerprint density at radius 1 is 1.67 bits per heavy atom. The van der Waals surface area contributed by atoms with E-state index in [0.717, 1.165) is 38.3 Å². The van der Waals surface area contributed by atoms with Crippen molar-refractivity contribution in [2.24, 2.45) is 0 Å². The predicted molar refractivity (Wildman–Crippen MR) is 73.8 cm³/mol. The number of amides is 1. The summed E-state index contributed by atoms with van der Waals surface area (Å²) in [5, 5.41) is 8.75. The highest BCUT2D eigenvalue weighted by Crippen LogP contribution is 2.18. The van der Waals surface area contributed by atoms with Crippen molar-refractivity contribution in [3.63, 3.8) is 0 Å². The van der Waals surface area contributed by atoms with E-state index in [-0.39, 0.29) is 5.91 Å². The van der Waals surface area contributed by atoms with Gasteiger partial charge in [0.2, 0.25) is 5.91 Å². The summed E-state index contributed by atoms with van der Waals surface area (Å²) in [6.07, 6.45) is 1.15. The van der Waals surface area contributed by atoms with E-state index in [9.17, 15) is 4.79 Å². The van der Waals surface area contributed by atoms with Gasteiger partial charge in [0, 0.05) is 38.0 Å². The first-order valence-electron chi connectivity index (χ1n) is 6.35. The van der Waals surface area contributed by atoms with Crippen molar-refractivity contribution in [2.75, 3.05) is 25.0 Å². The van der Waals surface area contributed by atoms with Gasteiger partial charge in [-0.05, 0) is 13.0 Å². The van der Waals surface area contributed by atoms with Crippen LogP contribution >= 0.6 is 11.3 Å². The Hall–Kier alpha value is -0.980. The van der Waals surface area contributed by atoms with Gasteiger partial charge in [0.05, 0.1) is 5.69 Å². The first-order valence-corrected chi connectivity index (χ1v) is 7.23. The van der Waals surface area contributed by atoms with E-state index >= 15 is 0 Å². The zero-order valence-electron chi connectivity index (χ0n) is 10.9. The maximum atomic E-state index is 10.9. The fraction of sp³-hybridized carbons (Fsp3) is 0.667. The smallest absolute Gasteiger partial charge is 0.223 e. The molecular weight excluding hydrogens is 248 g/mol. The van der Waals surface area contributed by atoms with Crippen LogP contribution in [-0.2, 0) is 11.3 Å². The molecule has 2 heterocycles. The molecule has 1 aromatic heterocycles. The van der Waals surface area contributed by atoms with Crippen LogP contribution in [-0.4, -0.2) is 41.5 Å². The lowest BCUT2D eigenvalue weighted by Crippen LogP contribution is -2.57. The van der Waals surface area contributed by atoms with Crippen LogP contribution in [0.2, 0.25) is 0 Å². The number of hydrogen-bond donors (Lipinski definition) is 2. The van der Waals surface area contributed by atoms with Crippen molar-refractivity contribution < 1.29 is 4.79 Å². The van der Waals surface area contributed by atoms with Crippen molar-refractivity contribution in [1.82, 2.24) is 15.2 Å². The molecule has 1 saturated heterocycles. The molecule has 0 aromatic carbocycles. The Morgan fingerprint density at radius 3 is 3.00 bits per heavy atom. The molecule has 100 valence electrons. The number of carbonyl (C=O) groups is 1. The molecule has 2 rings (SSSR count). The number of nitrogens with one attached hydrogen (secondary N) is 2. The molecule has 0 unspecified atom stereocenters. The third kappa shape index (κ3) is 3.51. The number of thiazole rings is 1. The van der Waals surface area contributed by atoms with Crippen molar-refractivity contribution in [3.05, 3.63) is 11.1 Å². The second-order valence-corrected chi connectivity index (χ2v) is 5.47. The molecule has 1 aliphatic rings. The van der Waals surface area contributed by atoms with Crippen molar-refractivity contribution in [1.29, 1.82) is 0 Å². The summed E-state index contributed by atoms with van der Waals surface area (Å²) < 4.78 is 0. The molecular formula is C12H20N4OS. The topological polar surface area (TPSA) is 57.3 Å². The van der Waals surface area contributed by atoms with E-state index in [0.29, 0.717) is 11.2 Å². The quantitative estimate of drug-likeness (QED) is 0.816. The lowest BCUT2D eigenvalue weighted by atomic mass is 10.1. The monoisotopic (exact) mass is 268 g/mol. The molecule has 1 fully saturated rings. The van der Waals surface area contributed by atoms with E-state index in [1.54, 1.807) is 0 Å². The SMILES string of the molecule is CCCN(Cc1csc(NC(C)=O)n1)C1CNC1. The molecule has 18 heavy (non-hydrogen) atoms.